The van der Waals surface area contributed by atoms with Gasteiger partial charge in [-0.25, -0.2) is 4.39 Å². The van der Waals surface area contributed by atoms with Crippen LogP contribution in [0.15, 0.2) is 18.5 Å². The van der Waals surface area contributed by atoms with Crippen molar-refractivity contribution in [1.82, 2.24) is 10.3 Å². The molecule has 2 rings (SSSR count). The van der Waals surface area contributed by atoms with E-state index in [9.17, 15) is 4.39 Å². The lowest BCUT2D eigenvalue weighted by atomic mass is 9.90. The molecule has 1 aromatic rings. The molecule has 4 heteroatoms. The van der Waals surface area contributed by atoms with Crippen LogP contribution in [0.25, 0.3) is 0 Å². The lowest BCUT2D eigenvalue weighted by Crippen LogP contribution is -2.33. The third-order valence-electron chi connectivity index (χ3n) is 3.17. The Morgan fingerprint density at radius 2 is 2.25 bits per heavy atom. The average Bonchev–Trinajstić information content (AvgIpc) is 2.33. The van der Waals surface area contributed by atoms with Crippen molar-refractivity contribution in [2.24, 2.45) is 5.92 Å². The van der Waals surface area contributed by atoms with Crippen LogP contribution in [0, 0.1) is 5.92 Å². The maximum Gasteiger partial charge on any atom is 0.107 e. The second kappa shape index (κ2) is 5.60. The fourth-order valence-electron chi connectivity index (χ4n) is 2.15. The van der Waals surface area contributed by atoms with Gasteiger partial charge in [-0.1, -0.05) is 11.6 Å². The van der Waals surface area contributed by atoms with Gasteiger partial charge in [0.15, 0.2) is 0 Å². The van der Waals surface area contributed by atoms with Crippen molar-refractivity contribution in [1.29, 1.82) is 0 Å². The Bertz CT molecular complexity index is 340. The Morgan fingerprint density at radius 1 is 1.50 bits per heavy atom. The van der Waals surface area contributed by atoms with Crippen molar-refractivity contribution >= 4 is 11.6 Å². The Kier molecular flexibility index (Phi) is 4.13. The van der Waals surface area contributed by atoms with E-state index in [-0.39, 0.29) is 5.92 Å². The summed E-state index contributed by atoms with van der Waals surface area (Å²) < 4.78 is 14.0. The molecule has 1 fully saturated rings. The van der Waals surface area contributed by atoms with E-state index >= 15 is 0 Å². The molecule has 1 saturated heterocycles. The maximum absolute atomic E-state index is 14.0. The Labute approximate surface area is 100 Å². The van der Waals surface area contributed by atoms with Gasteiger partial charge in [0, 0.05) is 18.8 Å². The normalized spacial score (nSPS) is 19.6. The van der Waals surface area contributed by atoms with Gasteiger partial charge in [0.2, 0.25) is 0 Å². The molecule has 0 saturated carbocycles. The van der Waals surface area contributed by atoms with Crippen LogP contribution in [0.3, 0.4) is 0 Å². The van der Waals surface area contributed by atoms with Gasteiger partial charge in [0.25, 0.3) is 0 Å². The van der Waals surface area contributed by atoms with Gasteiger partial charge >= 0.3 is 0 Å². The van der Waals surface area contributed by atoms with Crippen molar-refractivity contribution < 1.29 is 4.39 Å². The zero-order valence-corrected chi connectivity index (χ0v) is 9.88. The molecule has 0 aliphatic carbocycles. The molecular formula is C12H16ClFN2. The van der Waals surface area contributed by atoms with Crippen LogP contribution < -0.4 is 5.32 Å². The van der Waals surface area contributed by atoms with Crippen molar-refractivity contribution in [2.75, 3.05) is 13.1 Å². The molecule has 88 valence electrons. The zero-order valence-electron chi connectivity index (χ0n) is 9.13. The van der Waals surface area contributed by atoms with Crippen LogP contribution in [0.5, 0.6) is 0 Å². The molecule has 0 bridgehead atoms. The van der Waals surface area contributed by atoms with Gasteiger partial charge in [-0.05, 0) is 43.5 Å². The monoisotopic (exact) mass is 242 g/mol. The van der Waals surface area contributed by atoms with Crippen LogP contribution in [-0.4, -0.2) is 24.2 Å². The quantitative estimate of drug-likeness (QED) is 0.882. The summed E-state index contributed by atoms with van der Waals surface area (Å²) in [5, 5.41) is 3.81. The Balaban J connectivity index is 1.96. The van der Waals surface area contributed by atoms with E-state index in [4.69, 9.17) is 11.6 Å². The third kappa shape index (κ3) is 2.92. The minimum absolute atomic E-state index is 0.172. The molecule has 0 aromatic carbocycles. The molecular weight excluding hydrogens is 227 g/mol. The highest BCUT2D eigenvalue weighted by atomic mass is 35.5. The van der Waals surface area contributed by atoms with Crippen molar-refractivity contribution in [3.05, 3.63) is 29.0 Å². The first-order valence-electron chi connectivity index (χ1n) is 5.70. The van der Waals surface area contributed by atoms with Crippen LogP contribution >= 0.6 is 11.6 Å². The molecule has 2 nitrogen and oxygen atoms in total. The van der Waals surface area contributed by atoms with Crippen molar-refractivity contribution in [3.8, 4) is 0 Å². The molecule has 1 unspecified atom stereocenters. The molecule has 16 heavy (non-hydrogen) atoms. The molecule has 1 aromatic heterocycles. The van der Waals surface area contributed by atoms with E-state index in [0.717, 1.165) is 31.5 Å². The average molecular weight is 243 g/mol. The second-order valence-corrected chi connectivity index (χ2v) is 4.68. The van der Waals surface area contributed by atoms with E-state index in [2.05, 4.69) is 10.3 Å². The van der Waals surface area contributed by atoms with Gasteiger partial charge in [0.1, 0.15) is 6.17 Å². The lowest BCUT2D eigenvalue weighted by molar-refractivity contribution is 0.187. The standard InChI is InChI=1S/C12H16ClFN2/c13-11-8-16-6-3-10(11)7-12(14)9-1-4-15-5-2-9/h3,6,8-9,12,15H,1-2,4-5,7H2. The summed E-state index contributed by atoms with van der Waals surface area (Å²) in [7, 11) is 0. The van der Waals surface area contributed by atoms with Gasteiger partial charge in [-0.15, -0.1) is 0 Å². The Hall–Kier alpha value is -0.670. The van der Waals surface area contributed by atoms with Gasteiger partial charge in [-0.2, -0.15) is 0 Å². The number of pyridine rings is 1. The minimum atomic E-state index is -0.790. The predicted octanol–water partition coefficient (Wildman–Crippen LogP) is 2.62. The first-order valence-corrected chi connectivity index (χ1v) is 6.08. The van der Waals surface area contributed by atoms with E-state index in [1.807, 2.05) is 0 Å². The summed E-state index contributed by atoms with van der Waals surface area (Å²) >= 11 is 5.97. The molecule has 1 atom stereocenters. The number of nitrogens with zero attached hydrogens (tertiary/aromatic N) is 1. The van der Waals surface area contributed by atoms with E-state index < -0.39 is 6.17 Å². The molecule has 2 heterocycles. The van der Waals surface area contributed by atoms with Crippen LogP contribution in [-0.2, 0) is 6.42 Å². The van der Waals surface area contributed by atoms with Crippen LogP contribution in [0.1, 0.15) is 18.4 Å². The minimum Gasteiger partial charge on any atom is -0.317 e. The SMILES string of the molecule is FC(Cc1ccncc1Cl)C1CCNCC1. The van der Waals surface area contributed by atoms with Gasteiger partial charge in [-0.3, -0.25) is 4.98 Å². The lowest BCUT2D eigenvalue weighted by Gasteiger charge is -2.25. The van der Waals surface area contributed by atoms with Gasteiger partial charge in [0.05, 0.1) is 5.02 Å². The van der Waals surface area contributed by atoms with Crippen molar-refractivity contribution in [2.45, 2.75) is 25.4 Å². The molecule has 0 amide bonds. The molecule has 1 aliphatic heterocycles. The number of alkyl halides is 1. The van der Waals surface area contributed by atoms with E-state index in [0.29, 0.717) is 11.4 Å². The van der Waals surface area contributed by atoms with Crippen LogP contribution in [0.4, 0.5) is 4.39 Å². The fraction of sp³-hybridized carbons (Fsp3) is 0.583. The first kappa shape index (κ1) is 11.8. The Morgan fingerprint density at radius 3 is 2.94 bits per heavy atom. The third-order valence-corrected chi connectivity index (χ3v) is 3.51. The van der Waals surface area contributed by atoms with Gasteiger partial charge < -0.3 is 5.32 Å². The number of aromatic nitrogens is 1. The number of nitrogens with one attached hydrogen (secondary N) is 1. The number of piperidine rings is 1. The topological polar surface area (TPSA) is 24.9 Å². The summed E-state index contributed by atoms with van der Waals surface area (Å²) in [5.74, 6) is 0.172. The summed E-state index contributed by atoms with van der Waals surface area (Å²) in [6.07, 6.45) is 4.70. The van der Waals surface area contributed by atoms with E-state index in [1.54, 1.807) is 18.5 Å². The molecule has 1 N–H and O–H groups in total. The van der Waals surface area contributed by atoms with Crippen molar-refractivity contribution in [3.63, 3.8) is 0 Å². The molecule has 0 radical (unpaired) electrons. The van der Waals surface area contributed by atoms with Crippen LogP contribution in [0.2, 0.25) is 5.02 Å². The highest BCUT2D eigenvalue weighted by molar-refractivity contribution is 6.31. The second-order valence-electron chi connectivity index (χ2n) is 4.27. The smallest absolute Gasteiger partial charge is 0.107 e. The summed E-state index contributed by atoms with van der Waals surface area (Å²) in [5.41, 5.74) is 0.864. The largest absolute Gasteiger partial charge is 0.317 e. The first-order chi connectivity index (χ1) is 7.77. The number of hydrogen-bond acceptors (Lipinski definition) is 2. The zero-order chi connectivity index (χ0) is 11.4. The summed E-state index contributed by atoms with van der Waals surface area (Å²) in [6, 6.07) is 1.80. The highest BCUT2D eigenvalue weighted by Crippen LogP contribution is 2.24. The molecule has 0 spiro atoms. The molecule has 1 aliphatic rings. The fourth-order valence-corrected chi connectivity index (χ4v) is 2.35. The summed E-state index contributed by atoms with van der Waals surface area (Å²) in [6.45, 7) is 1.85. The number of halogens is 2. The number of rotatable bonds is 3. The predicted molar refractivity (Wildman–Crippen MR) is 63.4 cm³/mol. The summed E-state index contributed by atoms with van der Waals surface area (Å²) in [4.78, 5) is 3.90. The van der Waals surface area contributed by atoms with E-state index in [1.165, 1.54) is 0 Å². The maximum atomic E-state index is 14.0. The highest BCUT2D eigenvalue weighted by Gasteiger charge is 2.23. The number of hydrogen-bond donors (Lipinski definition) is 1.